The highest BCUT2D eigenvalue weighted by Gasteiger charge is 2.22. The maximum Gasteiger partial charge on any atom is 0.394 e. The van der Waals surface area contributed by atoms with Crippen molar-refractivity contribution in [1.29, 1.82) is 0 Å². The highest BCUT2D eigenvalue weighted by molar-refractivity contribution is 5.85. The Morgan fingerprint density at radius 1 is 1.60 bits per heavy atom. The molecular weight excluding hydrogens is 200 g/mol. The van der Waals surface area contributed by atoms with Crippen LogP contribution in [0.2, 0.25) is 0 Å². The Morgan fingerprint density at radius 3 is 2.93 bits per heavy atom. The summed E-state index contributed by atoms with van der Waals surface area (Å²) in [7, 11) is 0. The summed E-state index contributed by atoms with van der Waals surface area (Å²) in [5, 5.41) is 10.8. The number of hydroxylamine groups is 2. The fourth-order valence-electron chi connectivity index (χ4n) is 1.41. The van der Waals surface area contributed by atoms with Gasteiger partial charge in [-0.25, -0.2) is 9.78 Å². The summed E-state index contributed by atoms with van der Waals surface area (Å²) >= 11 is 0. The van der Waals surface area contributed by atoms with Gasteiger partial charge in [-0.2, -0.15) is 0 Å². The first-order chi connectivity index (χ1) is 7.25. The monoisotopic (exact) mass is 212 g/mol. The average molecular weight is 212 g/mol. The molecule has 15 heavy (non-hydrogen) atoms. The van der Waals surface area contributed by atoms with Gasteiger partial charge < -0.3 is 14.4 Å². The molecule has 0 unspecified atom stereocenters. The van der Waals surface area contributed by atoms with Crippen molar-refractivity contribution in [2.75, 3.05) is 13.1 Å². The van der Waals surface area contributed by atoms with E-state index < -0.39 is 5.97 Å². The van der Waals surface area contributed by atoms with Gasteiger partial charge in [-0.15, -0.1) is 5.06 Å². The highest BCUT2D eigenvalue weighted by atomic mass is 16.7. The van der Waals surface area contributed by atoms with E-state index in [0.717, 1.165) is 0 Å². The van der Waals surface area contributed by atoms with Crippen molar-refractivity contribution < 1.29 is 19.2 Å². The number of carbonyl (C=O) groups excluding carboxylic acids is 1. The zero-order valence-corrected chi connectivity index (χ0v) is 8.13. The average Bonchev–Trinajstić information content (AvgIpc) is 2.74. The van der Waals surface area contributed by atoms with Gasteiger partial charge >= 0.3 is 5.97 Å². The predicted octanol–water partition coefficient (Wildman–Crippen LogP) is 0.203. The molecule has 0 atom stereocenters. The van der Waals surface area contributed by atoms with Crippen molar-refractivity contribution in [3.63, 3.8) is 0 Å². The number of piperidine rings is 1. The predicted molar refractivity (Wildman–Crippen MR) is 48.7 cm³/mol. The Balaban J connectivity index is 1.85. The molecule has 1 aliphatic heterocycles. The van der Waals surface area contributed by atoms with Gasteiger partial charge in [0, 0.05) is 13.1 Å². The van der Waals surface area contributed by atoms with E-state index in [-0.39, 0.29) is 11.9 Å². The lowest BCUT2D eigenvalue weighted by atomic mass is 10.1. The quantitative estimate of drug-likeness (QED) is 0.754. The maximum atomic E-state index is 11.4. The number of aliphatic hydroxyl groups excluding tert-OH is 1. The van der Waals surface area contributed by atoms with Crippen LogP contribution in [0.15, 0.2) is 17.0 Å². The molecule has 0 aromatic carbocycles. The van der Waals surface area contributed by atoms with E-state index in [1.165, 1.54) is 17.7 Å². The molecule has 1 aromatic heterocycles. The van der Waals surface area contributed by atoms with Gasteiger partial charge in [0.15, 0.2) is 6.39 Å². The van der Waals surface area contributed by atoms with Crippen molar-refractivity contribution in [2.45, 2.75) is 18.9 Å². The lowest BCUT2D eigenvalue weighted by molar-refractivity contribution is -0.134. The SMILES string of the molecule is O=C(ON1CCC(O)CC1)c1cnco1. The summed E-state index contributed by atoms with van der Waals surface area (Å²) in [5.41, 5.74) is 0. The number of oxazole rings is 1. The molecule has 0 aliphatic carbocycles. The van der Waals surface area contributed by atoms with Gasteiger partial charge in [0.05, 0.1) is 12.3 Å². The van der Waals surface area contributed by atoms with Crippen molar-refractivity contribution in [2.24, 2.45) is 0 Å². The number of hydrogen-bond acceptors (Lipinski definition) is 6. The Morgan fingerprint density at radius 2 is 2.33 bits per heavy atom. The summed E-state index contributed by atoms with van der Waals surface area (Å²) in [6.07, 6.45) is 3.43. The van der Waals surface area contributed by atoms with Crippen LogP contribution in [-0.2, 0) is 4.84 Å². The third kappa shape index (κ3) is 2.54. The van der Waals surface area contributed by atoms with Crippen LogP contribution in [0.5, 0.6) is 0 Å². The minimum absolute atomic E-state index is 0.0844. The third-order valence-corrected chi connectivity index (χ3v) is 2.27. The number of hydrogen-bond donors (Lipinski definition) is 1. The van der Waals surface area contributed by atoms with Crippen LogP contribution in [0.4, 0.5) is 0 Å². The van der Waals surface area contributed by atoms with Crippen LogP contribution < -0.4 is 0 Å². The van der Waals surface area contributed by atoms with Crippen LogP contribution in [0.3, 0.4) is 0 Å². The van der Waals surface area contributed by atoms with Crippen LogP contribution in [0, 0.1) is 0 Å². The van der Waals surface area contributed by atoms with Gasteiger partial charge in [-0.1, -0.05) is 0 Å². The summed E-state index contributed by atoms with van der Waals surface area (Å²) in [6.45, 7) is 1.09. The molecular formula is C9H12N2O4. The first kappa shape index (κ1) is 10.1. The van der Waals surface area contributed by atoms with Crippen molar-refractivity contribution >= 4 is 5.97 Å². The standard InChI is InChI=1S/C9H12N2O4/c12-7-1-3-11(4-2-7)15-9(13)8-5-10-6-14-8/h5-7,12H,1-4H2. The molecule has 82 valence electrons. The first-order valence-electron chi connectivity index (χ1n) is 4.79. The number of carbonyl (C=O) groups is 1. The second-order valence-electron chi connectivity index (χ2n) is 3.40. The van der Waals surface area contributed by atoms with Crippen molar-refractivity contribution in [3.05, 3.63) is 18.4 Å². The minimum atomic E-state index is -0.552. The van der Waals surface area contributed by atoms with Gasteiger partial charge in [0.25, 0.3) is 0 Å². The van der Waals surface area contributed by atoms with E-state index in [2.05, 4.69) is 4.98 Å². The molecule has 0 amide bonds. The van der Waals surface area contributed by atoms with Gasteiger partial charge in [0.2, 0.25) is 5.76 Å². The Labute approximate surface area is 86.4 Å². The topological polar surface area (TPSA) is 75.8 Å². The fourth-order valence-corrected chi connectivity index (χ4v) is 1.41. The van der Waals surface area contributed by atoms with Gasteiger partial charge in [-0.05, 0) is 12.8 Å². The smallest absolute Gasteiger partial charge is 0.394 e. The Kier molecular flexibility index (Phi) is 2.98. The number of aromatic nitrogens is 1. The number of aliphatic hydroxyl groups is 1. The molecule has 2 rings (SSSR count). The highest BCUT2D eigenvalue weighted by Crippen LogP contribution is 2.11. The van der Waals surface area contributed by atoms with E-state index in [4.69, 9.17) is 9.25 Å². The molecule has 0 saturated carbocycles. The zero-order chi connectivity index (χ0) is 10.7. The fraction of sp³-hybridized carbons (Fsp3) is 0.556. The number of nitrogens with zero attached hydrogens (tertiary/aromatic N) is 2. The van der Waals surface area contributed by atoms with E-state index in [1.54, 1.807) is 0 Å². The van der Waals surface area contributed by atoms with Crippen LogP contribution in [-0.4, -0.2) is 40.3 Å². The van der Waals surface area contributed by atoms with E-state index >= 15 is 0 Å². The zero-order valence-electron chi connectivity index (χ0n) is 8.13. The van der Waals surface area contributed by atoms with Crippen molar-refractivity contribution in [3.8, 4) is 0 Å². The summed E-state index contributed by atoms with van der Waals surface area (Å²) < 4.78 is 4.80. The van der Waals surface area contributed by atoms with Crippen molar-refractivity contribution in [1.82, 2.24) is 10.0 Å². The third-order valence-electron chi connectivity index (χ3n) is 2.27. The van der Waals surface area contributed by atoms with E-state index in [0.29, 0.717) is 25.9 Å². The van der Waals surface area contributed by atoms with E-state index in [1.807, 2.05) is 0 Å². The molecule has 1 fully saturated rings. The van der Waals surface area contributed by atoms with Crippen LogP contribution in [0.1, 0.15) is 23.4 Å². The lowest BCUT2D eigenvalue weighted by Gasteiger charge is -2.27. The molecule has 1 N–H and O–H groups in total. The van der Waals surface area contributed by atoms with Crippen LogP contribution >= 0.6 is 0 Å². The molecule has 6 nitrogen and oxygen atoms in total. The number of rotatable bonds is 2. The lowest BCUT2D eigenvalue weighted by Crippen LogP contribution is -2.37. The first-order valence-corrected chi connectivity index (χ1v) is 4.79. The molecule has 1 aromatic rings. The van der Waals surface area contributed by atoms with Gasteiger partial charge in [0.1, 0.15) is 0 Å². The summed E-state index contributed by atoms with van der Waals surface area (Å²) in [5.74, 6) is -0.468. The molecule has 6 heteroatoms. The normalized spacial score (nSPS) is 19.0. The van der Waals surface area contributed by atoms with Crippen LogP contribution in [0.25, 0.3) is 0 Å². The molecule has 0 radical (unpaired) electrons. The molecule has 2 heterocycles. The van der Waals surface area contributed by atoms with E-state index in [9.17, 15) is 9.90 Å². The van der Waals surface area contributed by atoms with Gasteiger partial charge in [-0.3, -0.25) is 0 Å². The second kappa shape index (κ2) is 4.41. The molecule has 0 bridgehead atoms. The molecule has 1 saturated heterocycles. The minimum Gasteiger partial charge on any atom is -0.436 e. The second-order valence-corrected chi connectivity index (χ2v) is 3.40. The Bertz CT molecular complexity index is 317. The summed E-state index contributed by atoms with van der Waals surface area (Å²) in [6, 6.07) is 0. The Hall–Kier alpha value is -1.40. The maximum absolute atomic E-state index is 11.4. The summed E-state index contributed by atoms with van der Waals surface area (Å²) in [4.78, 5) is 20.1. The molecule has 1 aliphatic rings. The molecule has 0 spiro atoms. The largest absolute Gasteiger partial charge is 0.436 e.